The molecular formula is C17H23N3. The Balaban J connectivity index is 1.88. The van der Waals surface area contributed by atoms with E-state index in [1.807, 2.05) is 12.3 Å². The molecule has 1 aromatic heterocycles. The minimum absolute atomic E-state index is 0.379. The highest BCUT2D eigenvalue weighted by atomic mass is 15.1. The van der Waals surface area contributed by atoms with Crippen LogP contribution in [0.5, 0.6) is 0 Å². The quantitative estimate of drug-likeness (QED) is 0.806. The number of hydrogen-bond donors (Lipinski definition) is 0. The average molecular weight is 269 g/mol. The molecule has 106 valence electrons. The van der Waals surface area contributed by atoms with Gasteiger partial charge in [0, 0.05) is 25.2 Å². The van der Waals surface area contributed by atoms with Crippen LogP contribution in [0.15, 0.2) is 42.6 Å². The molecule has 3 nitrogen and oxygen atoms in total. The molecule has 0 atom stereocenters. The SMILES string of the molecule is CC(C)c1nccc(CN(C)CCc2ccccc2)n1. The third kappa shape index (κ3) is 4.42. The number of nitrogens with zero attached hydrogens (tertiary/aromatic N) is 3. The molecule has 1 heterocycles. The van der Waals surface area contributed by atoms with Crippen molar-refractivity contribution in [2.24, 2.45) is 0 Å². The minimum Gasteiger partial charge on any atom is -0.300 e. The van der Waals surface area contributed by atoms with Crippen LogP contribution in [0.25, 0.3) is 0 Å². The molecule has 0 aliphatic heterocycles. The van der Waals surface area contributed by atoms with Crippen LogP contribution in [0, 0.1) is 0 Å². The summed E-state index contributed by atoms with van der Waals surface area (Å²) in [5.74, 6) is 1.31. The molecule has 0 aliphatic carbocycles. The van der Waals surface area contributed by atoms with Crippen LogP contribution < -0.4 is 0 Å². The molecule has 0 saturated carbocycles. The van der Waals surface area contributed by atoms with Crippen LogP contribution in [-0.4, -0.2) is 28.5 Å². The van der Waals surface area contributed by atoms with E-state index in [1.165, 1.54) is 5.56 Å². The molecule has 0 bridgehead atoms. The summed E-state index contributed by atoms with van der Waals surface area (Å²) in [5, 5.41) is 0. The van der Waals surface area contributed by atoms with E-state index < -0.39 is 0 Å². The molecule has 3 heteroatoms. The molecule has 20 heavy (non-hydrogen) atoms. The van der Waals surface area contributed by atoms with Crippen LogP contribution in [0.3, 0.4) is 0 Å². The van der Waals surface area contributed by atoms with Gasteiger partial charge in [-0.3, -0.25) is 0 Å². The van der Waals surface area contributed by atoms with Gasteiger partial charge in [-0.2, -0.15) is 0 Å². The number of likely N-dealkylation sites (N-methyl/N-ethyl adjacent to an activating group) is 1. The summed E-state index contributed by atoms with van der Waals surface area (Å²) < 4.78 is 0. The van der Waals surface area contributed by atoms with Gasteiger partial charge in [-0.1, -0.05) is 44.2 Å². The van der Waals surface area contributed by atoms with Gasteiger partial charge in [-0.25, -0.2) is 9.97 Å². The van der Waals surface area contributed by atoms with Gasteiger partial charge in [0.15, 0.2) is 0 Å². The Bertz CT molecular complexity index is 523. The van der Waals surface area contributed by atoms with E-state index in [0.717, 1.165) is 31.0 Å². The maximum atomic E-state index is 4.61. The third-order valence-electron chi connectivity index (χ3n) is 3.31. The van der Waals surface area contributed by atoms with Gasteiger partial charge in [0.05, 0.1) is 5.69 Å². The molecule has 2 aromatic rings. The van der Waals surface area contributed by atoms with E-state index >= 15 is 0 Å². The number of benzene rings is 1. The van der Waals surface area contributed by atoms with Crippen LogP contribution in [0.1, 0.15) is 36.8 Å². The van der Waals surface area contributed by atoms with Crippen molar-refractivity contribution in [3.63, 3.8) is 0 Å². The lowest BCUT2D eigenvalue weighted by atomic mass is 10.1. The fraction of sp³-hybridized carbons (Fsp3) is 0.412. The molecule has 1 aromatic carbocycles. The Kier molecular flexibility index (Phi) is 5.24. The maximum absolute atomic E-state index is 4.61. The maximum Gasteiger partial charge on any atom is 0.131 e. The Morgan fingerprint density at radius 3 is 2.55 bits per heavy atom. The average Bonchev–Trinajstić information content (AvgIpc) is 2.46. The lowest BCUT2D eigenvalue weighted by Gasteiger charge is -2.16. The van der Waals surface area contributed by atoms with Crippen molar-refractivity contribution in [1.29, 1.82) is 0 Å². The summed E-state index contributed by atoms with van der Waals surface area (Å²) in [4.78, 5) is 11.2. The Morgan fingerprint density at radius 1 is 1.10 bits per heavy atom. The Morgan fingerprint density at radius 2 is 1.85 bits per heavy atom. The first-order valence-corrected chi connectivity index (χ1v) is 7.19. The molecule has 0 radical (unpaired) electrons. The van der Waals surface area contributed by atoms with Crippen LogP contribution in [0.2, 0.25) is 0 Å². The molecular weight excluding hydrogens is 246 g/mol. The third-order valence-corrected chi connectivity index (χ3v) is 3.31. The van der Waals surface area contributed by atoms with Crippen LogP contribution >= 0.6 is 0 Å². The Hall–Kier alpha value is -1.74. The van der Waals surface area contributed by atoms with Gasteiger partial charge in [0.1, 0.15) is 5.82 Å². The van der Waals surface area contributed by atoms with Gasteiger partial charge >= 0.3 is 0 Å². The summed E-state index contributed by atoms with van der Waals surface area (Å²) in [6, 6.07) is 12.6. The first-order chi connectivity index (χ1) is 9.65. The second-order valence-electron chi connectivity index (χ2n) is 5.53. The highest BCUT2D eigenvalue weighted by Gasteiger charge is 2.06. The zero-order chi connectivity index (χ0) is 14.4. The normalized spacial score (nSPS) is 11.2. The van der Waals surface area contributed by atoms with Gasteiger partial charge in [-0.15, -0.1) is 0 Å². The predicted molar refractivity (Wildman–Crippen MR) is 82.6 cm³/mol. The molecule has 0 fully saturated rings. The van der Waals surface area contributed by atoms with E-state index in [-0.39, 0.29) is 0 Å². The lowest BCUT2D eigenvalue weighted by Crippen LogP contribution is -2.21. The largest absolute Gasteiger partial charge is 0.300 e. The van der Waals surface area contributed by atoms with Crippen molar-refractivity contribution in [3.05, 3.63) is 59.7 Å². The monoisotopic (exact) mass is 269 g/mol. The van der Waals surface area contributed by atoms with Gasteiger partial charge < -0.3 is 4.90 Å². The topological polar surface area (TPSA) is 29.0 Å². The number of aromatic nitrogens is 2. The first-order valence-electron chi connectivity index (χ1n) is 7.19. The molecule has 0 N–H and O–H groups in total. The predicted octanol–water partition coefficient (Wildman–Crippen LogP) is 3.27. The van der Waals surface area contributed by atoms with Crippen LogP contribution in [-0.2, 0) is 13.0 Å². The highest BCUT2D eigenvalue weighted by molar-refractivity contribution is 5.15. The van der Waals surface area contributed by atoms with Gasteiger partial charge in [0.2, 0.25) is 0 Å². The number of rotatable bonds is 6. The summed E-state index contributed by atoms with van der Waals surface area (Å²) in [7, 11) is 2.14. The van der Waals surface area contributed by atoms with Crippen molar-refractivity contribution >= 4 is 0 Å². The van der Waals surface area contributed by atoms with E-state index in [4.69, 9.17) is 0 Å². The van der Waals surface area contributed by atoms with Crippen molar-refractivity contribution in [1.82, 2.24) is 14.9 Å². The summed E-state index contributed by atoms with van der Waals surface area (Å²) >= 11 is 0. The zero-order valence-electron chi connectivity index (χ0n) is 12.6. The Labute approximate surface area is 121 Å². The van der Waals surface area contributed by atoms with Gasteiger partial charge in [0.25, 0.3) is 0 Å². The van der Waals surface area contributed by atoms with Crippen molar-refractivity contribution in [3.8, 4) is 0 Å². The summed E-state index contributed by atoms with van der Waals surface area (Å²) in [6.45, 7) is 6.15. The first kappa shape index (κ1) is 14.7. The van der Waals surface area contributed by atoms with Crippen molar-refractivity contribution < 1.29 is 0 Å². The molecule has 2 rings (SSSR count). The van der Waals surface area contributed by atoms with E-state index in [1.54, 1.807) is 0 Å². The standard InChI is InChI=1S/C17H23N3/c1-14(2)17-18-11-9-16(19-17)13-20(3)12-10-15-7-5-4-6-8-15/h4-9,11,14H,10,12-13H2,1-3H3. The second-order valence-corrected chi connectivity index (χ2v) is 5.53. The van der Waals surface area contributed by atoms with E-state index in [9.17, 15) is 0 Å². The molecule has 0 aliphatic rings. The van der Waals surface area contributed by atoms with E-state index in [0.29, 0.717) is 5.92 Å². The van der Waals surface area contributed by atoms with Gasteiger partial charge in [-0.05, 0) is 25.1 Å². The fourth-order valence-electron chi connectivity index (χ4n) is 2.10. The highest BCUT2D eigenvalue weighted by Crippen LogP contribution is 2.09. The van der Waals surface area contributed by atoms with Crippen molar-refractivity contribution in [2.45, 2.75) is 32.7 Å². The smallest absolute Gasteiger partial charge is 0.131 e. The summed E-state index contributed by atoms with van der Waals surface area (Å²) in [6.07, 6.45) is 2.93. The lowest BCUT2D eigenvalue weighted by molar-refractivity contribution is 0.326. The summed E-state index contributed by atoms with van der Waals surface area (Å²) in [5.41, 5.74) is 2.48. The second kappa shape index (κ2) is 7.15. The van der Waals surface area contributed by atoms with E-state index in [2.05, 4.69) is 66.1 Å². The molecule has 0 spiro atoms. The molecule has 0 saturated heterocycles. The number of hydrogen-bond acceptors (Lipinski definition) is 3. The molecule has 0 amide bonds. The zero-order valence-corrected chi connectivity index (χ0v) is 12.6. The van der Waals surface area contributed by atoms with Crippen molar-refractivity contribution in [2.75, 3.05) is 13.6 Å². The minimum atomic E-state index is 0.379. The fourth-order valence-corrected chi connectivity index (χ4v) is 2.10. The van der Waals surface area contributed by atoms with Crippen LogP contribution in [0.4, 0.5) is 0 Å². The molecule has 0 unspecified atom stereocenters.